The molecule has 0 spiro atoms. The fourth-order valence-corrected chi connectivity index (χ4v) is 4.46. The average Bonchev–Trinajstić information content (AvgIpc) is 3.49. The van der Waals surface area contributed by atoms with E-state index in [1.54, 1.807) is 35.3 Å². The summed E-state index contributed by atoms with van der Waals surface area (Å²) in [6, 6.07) is 12.5. The Bertz CT molecular complexity index is 1160. The molecular weight excluding hydrogens is 439 g/mol. The zero-order valence-electron chi connectivity index (χ0n) is 18.6. The number of hydrogen-bond acceptors (Lipinski definition) is 7. The first-order valence-electron chi connectivity index (χ1n) is 11.2. The lowest BCUT2D eigenvalue weighted by molar-refractivity contribution is 0.112. The molecule has 1 amide bonds. The van der Waals surface area contributed by atoms with Gasteiger partial charge in [-0.3, -0.25) is 14.6 Å². The number of carbonyl (C=O) groups excluding carboxylic acids is 2. The minimum Gasteiger partial charge on any atom is -0.442 e. The van der Waals surface area contributed by atoms with Crippen LogP contribution in [0.2, 0.25) is 0 Å². The predicted octanol–water partition coefficient (Wildman–Crippen LogP) is 2.58. The molecule has 5 rings (SSSR count). The first-order valence-corrected chi connectivity index (χ1v) is 11.2. The Kier molecular flexibility index (Phi) is 6.22. The van der Waals surface area contributed by atoms with Crippen molar-refractivity contribution in [3.05, 3.63) is 71.8 Å². The number of benzene rings is 2. The van der Waals surface area contributed by atoms with Crippen LogP contribution in [0.1, 0.15) is 15.9 Å². The number of cyclic esters (lactones) is 1. The lowest BCUT2D eigenvalue weighted by Crippen LogP contribution is -2.46. The lowest BCUT2D eigenvalue weighted by atomic mass is 10.1. The van der Waals surface area contributed by atoms with Gasteiger partial charge in [0.2, 0.25) is 0 Å². The van der Waals surface area contributed by atoms with Crippen LogP contribution in [0.25, 0.3) is 0 Å². The Balaban J connectivity index is 1.19. The van der Waals surface area contributed by atoms with E-state index < -0.39 is 6.09 Å². The van der Waals surface area contributed by atoms with Crippen molar-refractivity contribution < 1.29 is 18.7 Å². The van der Waals surface area contributed by atoms with E-state index in [9.17, 15) is 9.59 Å². The van der Waals surface area contributed by atoms with E-state index in [2.05, 4.69) is 15.2 Å². The molecule has 0 unspecified atom stereocenters. The lowest BCUT2D eigenvalue weighted by Gasteiger charge is -2.36. The van der Waals surface area contributed by atoms with Crippen molar-refractivity contribution in [3.63, 3.8) is 0 Å². The highest BCUT2D eigenvalue weighted by Crippen LogP contribution is 2.29. The van der Waals surface area contributed by atoms with Crippen LogP contribution in [0.5, 0.6) is 0 Å². The van der Waals surface area contributed by atoms with Gasteiger partial charge >= 0.3 is 6.09 Å². The van der Waals surface area contributed by atoms with Crippen LogP contribution in [0.4, 0.5) is 20.6 Å². The third-order valence-corrected chi connectivity index (χ3v) is 6.19. The minimum atomic E-state index is -0.496. The molecule has 3 aromatic rings. The molecular formula is C24H25FN6O3. The second-order valence-electron chi connectivity index (χ2n) is 8.50. The van der Waals surface area contributed by atoms with E-state index in [4.69, 9.17) is 4.74 Å². The number of amides is 1. The highest BCUT2D eigenvalue weighted by Gasteiger charge is 2.33. The Morgan fingerprint density at radius 3 is 2.71 bits per heavy atom. The van der Waals surface area contributed by atoms with E-state index in [0.29, 0.717) is 43.1 Å². The van der Waals surface area contributed by atoms with Gasteiger partial charge in [0.1, 0.15) is 18.2 Å². The third-order valence-electron chi connectivity index (χ3n) is 6.19. The Morgan fingerprint density at radius 1 is 1.12 bits per heavy atom. The number of carbonyl (C=O) groups is 2. The van der Waals surface area contributed by atoms with E-state index in [1.165, 1.54) is 11.0 Å². The van der Waals surface area contributed by atoms with Gasteiger partial charge in [-0.25, -0.2) is 13.9 Å². The molecule has 2 aliphatic heterocycles. The maximum Gasteiger partial charge on any atom is 0.414 e. The number of aldehydes is 1. The average molecular weight is 465 g/mol. The highest BCUT2D eigenvalue weighted by atomic mass is 19.1. The van der Waals surface area contributed by atoms with E-state index in [0.717, 1.165) is 31.5 Å². The number of nitrogens with zero attached hydrogens (tertiary/aromatic N) is 6. The Morgan fingerprint density at radius 2 is 1.97 bits per heavy atom. The van der Waals surface area contributed by atoms with Crippen molar-refractivity contribution in [1.29, 1.82) is 0 Å². The summed E-state index contributed by atoms with van der Waals surface area (Å²) >= 11 is 0. The molecule has 2 aliphatic rings. The molecule has 9 nitrogen and oxygen atoms in total. The molecule has 1 aromatic heterocycles. The minimum absolute atomic E-state index is 0.321. The fraction of sp³-hybridized carbons (Fsp3) is 0.333. The molecule has 2 aromatic carbocycles. The van der Waals surface area contributed by atoms with Gasteiger partial charge in [0, 0.05) is 44.5 Å². The van der Waals surface area contributed by atoms with Crippen LogP contribution < -0.4 is 9.80 Å². The summed E-state index contributed by atoms with van der Waals surface area (Å²) in [6.45, 7) is 4.42. The van der Waals surface area contributed by atoms with E-state index >= 15 is 4.39 Å². The van der Waals surface area contributed by atoms with E-state index in [1.807, 2.05) is 23.1 Å². The zero-order chi connectivity index (χ0) is 23.5. The summed E-state index contributed by atoms with van der Waals surface area (Å²) in [5.74, 6) is -0.364. The molecule has 3 heterocycles. The van der Waals surface area contributed by atoms with Gasteiger partial charge in [-0.1, -0.05) is 23.4 Å². The quantitative estimate of drug-likeness (QED) is 0.497. The van der Waals surface area contributed by atoms with Crippen LogP contribution in [0, 0.1) is 5.82 Å². The monoisotopic (exact) mass is 464 g/mol. The summed E-state index contributed by atoms with van der Waals surface area (Å²) < 4.78 is 22.1. The summed E-state index contributed by atoms with van der Waals surface area (Å²) in [4.78, 5) is 29.1. The SMILES string of the molecule is O=Cc1cccc(CN2CCN(c3ccc(N4C[C@H](Cn5ccnn5)OC4=O)cc3F)CC2)c1. The number of ether oxygens (including phenoxy) is 1. The van der Waals surface area contributed by atoms with Crippen LogP contribution in [0.3, 0.4) is 0 Å². The van der Waals surface area contributed by atoms with E-state index in [-0.39, 0.29) is 11.9 Å². The van der Waals surface area contributed by atoms with Gasteiger partial charge in [0.05, 0.1) is 30.7 Å². The summed E-state index contributed by atoms with van der Waals surface area (Å²) in [7, 11) is 0. The molecule has 0 saturated carbocycles. The molecule has 0 N–H and O–H groups in total. The maximum absolute atomic E-state index is 15.1. The Hall–Kier alpha value is -3.79. The molecule has 1 atom stereocenters. The third kappa shape index (κ3) is 4.76. The molecule has 0 radical (unpaired) electrons. The first kappa shape index (κ1) is 22.0. The predicted molar refractivity (Wildman–Crippen MR) is 123 cm³/mol. The standard InChI is InChI=1S/C24H25FN6O3/c25-22-13-20(31-16-21(34-24(31)33)15-30-7-6-26-27-30)4-5-23(22)29-10-8-28(9-11-29)14-18-2-1-3-19(12-18)17-32/h1-7,12-13,17,21H,8-11,14-16H2/t21-/m0/s1. The number of piperazine rings is 1. The largest absolute Gasteiger partial charge is 0.442 e. The molecule has 0 bridgehead atoms. The van der Waals surface area contributed by atoms with Crippen LogP contribution in [-0.4, -0.2) is 71.1 Å². The highest BCUT2D eigenvalue weighted by molar-refractivity contribution is 5.90. The Labute approximate surface area is 196 Å². The fourth-order valence-electron chi connectivity index (χ4n) is 4.46. The first-order chi connectivity index (χ1) is 16.6. The zero-order valence-corrected chi connectivity index (χ0v) is 18.6. The summed E-state index contributed by atoms with van der Waals surface area (Å²) in [5, 5.41) is 7.64. The van der Waals surface area contributed by atoms with Crippen molar-refractivity contribution in [2.24, 2.45) is 0 Å². The van der Waals surface area contributed by atoms with Crippen LogP contribution in [0.15, 0.2) is 54.9 Å². The normalized spacial score (nSPS) is 18.9. The number of aromatic nitrogens is 3. The van der Waals surface area contributed by atoms with Gasteiger partial charge < -0.3 is 9.64 Å². The maximum atomic E-state index is 15.1. The molecule has 0 aliphatic carbocycles. The number of hydrogen-bond donors (Lipinski definition) is 0. The van der Waals surface area contributed by atoms with Gasteiger partial charge in [-0.05, 0) is 29.8 Å². The molecule has 2 saturated heterocycles. The van der Waals surface area contributed by atoms with Gasteiger partial charge in [-0.15, -0.1) is 5.10 Å². The van der Waals surface area contributed by atoms with Crippen LogP contribution >= 0.6 is 0 Å². The smallest absolute Gasteiger partial charge is 0.414 e. The van der Waals surface area contributed by atoms with Crippen molar-refractivity contribution in [1.82, 2.24) is 19.9 Å². The van der Waals surface area contributed by atoms with Crippen molar-refractivity contribution >= 4 is 23.8 Å². The van der Waals surface area contributed by atoms with Crippen LogP contribution in [-0.2, 0) is 17.8 Å². The van der Waals surface area contributed by atoms with Crippen molar-refractivity contribution in [2.75, 3.05) is 42.5 Å². The molecule has 10 heteroatoms. The van der Waals surface area contributed by atoms with Crippen molar-refractivity contribution in [3.8, 4) is 0 Å². The van der Waals surface area contributed by atoms with Gasteiger partial charge in [-0.2, -0.15) is 0 Å². The molecule has 2 fully saturated rings. The second-order valence-corrected chi connectivity index (χ2v) is 8.50. The number of anilines is 2. The van der Waals surface area contributed by atoms with Gasteiger partial charge in [0.15, 0.2) is 0 Å². The number of halogens is 1. The van der Waals surface area contributed by atoms with Crippen molar-refractivity contribution in [2.45, 2.75) is 19.2 Å². The second kappa shape index (κ2) is 9.60. The topological polar surface area (TPSA) is 83.8 Å². The molecule has 34 heavy (non-hydrogen) atoms. The molecule has 176 valence electrons. The summed E-state index contributed by atoms with van der Waals surface area (Å²) in [5.41, 5.74) is 2.76. The number of rotatable bonds is 7. The van der Waals surface area contributed by atoms with Gasteiger partial charge in [0.25, 0.3) is 0 Å². The summed E-state index contributed by atoms with van der Waals surface area (Å²) in [6.07, 6.45) is 3.25.